The molecule has 0 saturated heterocycles. The summed E-state index contributed by atoms with van der Waals surface area (Å²) < 4.78 is 19.0. The Morgan fingerprint density at radius 1 is 1.28 bits per heavy atom. The lowest BCUT2D eigenvalue weighted by Crippen LogP contribution is -2.35. The molecule has 2 heterocycles. The fourth-order valence-corrected chi connectivity index (χ4v) is 3.66. The summed E-state index contributed by atoms with van der Waals surface area (Å²) in [4.78, 5) is 14.5. The summed E-state index contributed by atoms with van der Waals surface area (Å²) in [6, 6.07) is 6.33. The molecule has 2 aliphatic rings. The summed E-state index contributed by atoms with van der Waals surface area (Å²) in [5, 5.41) is 4.13. The molecule has 0 fully saturated rings. The summed E-state index contributed by atoms with van der Waals surface area (Å²) in [6.07, 6.45) is 7.91. The number of benzene rings is 1. The summed E-state index contributed by atoms with van der Waals surface area (Å²) in [6.45, 7) is 1.13. The van der Waals surface area contributed by atoms with Crippen molar-refractivity contribution in [2.45, 2.75) is 45.1 Å². The van der Waals surface area contributed by atoms with Crippen molar-refractivity contribution in [3.8, 4) is 11.3 Å². The number of nitrogens with zero attached hydrogens (tertiary/aromatic N) is 2. The molecule has 25 heavy (non-hydrogen) atoms. The molecule has 1 aliphatic carbocycles. The maximum Gasteiger partial charge on any atom is 0.226 e. The van der Waals surface area contributed by atoms with E-state index in [1.807, 2.05) is 11.0 Å². The van der Waals surface area contributed by atoms with Gasteiger partial charge in [0.2, 0.25) is 5.91 Å². The van der Waals surface area contributed by atoms with Crippen molar-refractivity contribution in [3.05, 3.63) is 53.1 Å². The molecule has 5 heteroatoms. The van der Waals surface area contributed by atoms with Crippen molar-refractivity contribution in [2.24, 2.45) is 0 Å². The third-order valence-electron chi connectivity index (χ3n) is 5.04. The molecule has 0 bridgehead atoms. The molecule has 0 atom stereocenters. The number of hydrogen-bond acceptors (Lipinski definition) is 3. The first kappa shape index (κ1) is 16.1. The Bertz CT molecular complexity index is 825. The smallest absolute Gasteiger partial charge is 0.226 e. The van der Waals surface area contributed by atoms with Gasteiger partial charge in [0.25, 0.3) is 0 Å². The molecule has 4 nitrogen and oxygen atoms in total. The van der Waals surface area contributed by atoms with Gasteiger partial charge in [-0.1, -0.05) is 28.9 Å². The van der Waals surface area contributed by atoms with Gasteiger partial charge in [-0.2, -0.15) is 0 Å². The van der Waals surface area contributed by atoms with Crippen LogP contribution in [0, 0.1) is 5.82 Å². The Labute approximate surface area is 146 Å². The van der Waals surface area contributed by atoms with Crippen LogP contribution in [0.15, 0.2) is 40.4 Å². The number of rotatable bonds is 3. The number of aromatic nitrogens is 1. The number of hydrogen-bond donors (Lipinski definition) is 0. The molecule has 0 N–H and O–H groups in total. The molecule has 130 valence electrons. The van der Waals surface area contributed by atoms with E-state index >= 15 is 0 Å². The van der Waals surface area contributed by atoms with E-state index in [0.29, 0.717) is 37.2 Å². The molecule has 0 saturated carbocycles. The highest BCUT2D eigenvalue weighted by Crippen LogP contribution is 2.31. The van der Waals surface area contributed by atoms with Gasteiger partial charge in [0, 0.05) is 30.5 Å². The van der Waals surface area contributed by atoms with Crippen LogP contribution >= 0.6 is 0 Å². The number of allylic oxidation sites excluding steroid dienone is 1. The van der Waals surface area contributed by atoms with E-state index in [0.717, 1.165) is 24.2 Å². The van der Waals surface area contributed by atoms with E-state index < -0.39 is 0 Å². The average molecular weight is 340 g/mol. The number of halogens is 1. The zero-order chi connectivity index (χ0) is 17.2. The normalized spacial score (nSPS) is 17.2. The molecule has 2 aromatic rings. The fourth-order valence-electron chi connectivity index (χ4n) is 3.66. The van der Waals surface area contributed by atoms with Gasteiger partial charge in [-0.15, -0.1) is 0 Å². The molecule has 1 amide bonds. The number of amides is 1. The van der Waals surface area contributed by atoms with E-state index in [2.05, 4.69) is 11.2 Å². The van der Waals surface area contributed by atoms with Crippen LogP contribution in [0.5, 0.6) is 0 Å². The second kappa shape index (κ2) is 6.82. The Kier molecular flexibility index (Phi) is 4.38. The van der Waals surface area contributed by atoms with Crippen LogP contribution in [0.25, 0.3) is 11.3 Å². The second-order valence-electron chi connectivity index (χ2n) is 6.79. The van der Waals surface area contributed by atoms with E-state index in [4.69, 9.17) is 4.52 Å². The minimum atomic E-state index is -0.303. The van der Waals surface area contributed by atoms with Crippen LogP contribution in [0.3, 0.4) is 0 Å². The van der Waals surface area contributed by atoms with Gasteiger partial charge in [0.1, 0.15) is 17.3 Å². The molecular weight excluding hydrogens is 319 g/mol. The first-order valence-corrected chi connectivity index (χ1v) is 8.90. The van der Waals surface area contributed by atoms with Gasteiger partial charge >= 0.3 is 0 Å². The molecule has 0 radical (unpaired) electrons. The predicted molar refractivity (Wildman–Crippen MR) is 92.2 cm³/mol. The van der Waals surface area contributed by atoms with Crippen molar-refractivity contribution in [3.63, 3.8) is 0 Å². The van der Waals surface area contributed by atoms with Crippen molar-refractivity contribution < 1.29 is 13.7 Å². The summed E-state index contributed by atoms with van der Waals surface area (Å²) in [5.41, 5.74) is 3.50. The molecule has 1 aliphatic heterocycles. The summed E-state index contributed by atoms with van der Waals surface area (Å²) in [5.74, 6) is 0.660. The molecule has 0 spiro atoms. The van der Waals surface area contributed by atoms with Crippen molar-refractivity contribution in [1.82, 2.24) is 10.1 Å². The van der Waals surface area contributed by atoms with Gasteiger partial charge in [-0.05, 0) is 37.8 Å². The van der Waals surface area contributed by atoms with Crippen molar-refractivity contribution >= 4 is 5.91 Å². The van der Waals surface area contributed by atoms with Crippen molar-refractivity contribution in [2.75, 3.05) is 6.54 Å². The minimum Gasteiger partial charge on any atom is -0.360 e. The van der Waals surface area contributed by atoms with Crippen LogP contribution in [-0.2, 0) is 17.8 Å². The van der Waals surface area contributed by atoms with Crippen LogP contribution < -0.4 is 0 Å². The van der Waals surface area contributed by atoms with E-state index in [1.54, 1.807) is 6.07 Å². The first-order valence-electron chi connectivity index (χ1n) is 8.90. The first-order chi connectivity index (χ1) is 12.2. The van der Waals surface area contributed by atoms with Crippen LogP contribution in [0.4, 0.5) is 4.39 Å². The molecule has 0 unspecified atom stereocenters. The molecular formula is C20H21FN2O2. The third kappa shape index (κ3) is 3.36. The van der Waals surface area contributed by atoms with E-state index in [1.165, 1.54) is 30.5 Å². The Balaban J connectivity index is 1.53. The average Bonchev–Trinajstić information content (AvgIpc) is 3.05. The number of carbonyl (C=O) groups excluding carboxylic acids is 1. The maximum atomic E-state index is 13.5. The van der Waals surface area contributed by atoms with Crippen LogP contribution in [0.2, 0.25) is 0 Å². The Hall–Kier alpha value is -2.43. The zero-order valence-electron chi connectivity index (χ0n) is 14.1. The highest BCUT2D eigenvalue weighted by atomic mass is 19.1. The lowest BCUT2D eigenvalue weighted by Gasteiger charge is -2.27. The number of fused-ring (bicyclic) bond motifs is 1. The van der Waals surface area contributed by atoms with Gasteiger partial charge in [0.05, 0.1) is 6.54 Å². The van der Waals surface area contributed by atoms with E-state index in [9.17, 15) is 9.18 Å². The summed E-state index contributed by atoms with van der Waals surface area (Å²) >= 11 is 0. The zero-order valence-corrected chi connectivity index (χ0v) is 14.1. The van der Waals surface area contributed by atoms with Crippen LogP contribution in [-0.4, -0.2) is 22.5 Å². The van der Waals surface area contributed by atoms with E-state index in [-0.39, 0.29) is 11.7 Å². The Morgan fingerprint density at radius 2 is 2.20 bits per heavy atom. The second-order valence-corrected chi connectivity index (χ2v) is 6.79. The molecule has 1 aromatic heterocycles. The van der Waals surface area contributed by atoms with Crippen molar-refractivity contribution in [1.29, 1.82) is 0 Å². The molecule has 4 rings (SSSR count). The fraction of sp³-hybridized carbons (Fsp3) is 0.400. The lowest BCUT2D eigenvalue weighted by atomic mass is 9.96. The standard InChI is InChI=1S/C20H21FN2O2/c21-16-8-4-7-15(12-16)20-17-13-23(10-9-18(17)25-22-20)19(24)11-14-5-2-1-3-6-14/h4-5,7-8,12H,1-3,6,9-11,13H2. The van der Waals surface area contributed by atoms with Gasteiger partial charge in [0.15, 0.2) is 0 Å². The largest absolute Gasteiger partial charge is 0.360 e. The quantitative estimate of drug-likeness (QED) is 0.785. The number of carbonyl (C=O) groups is 1. The van der Waals surface area contributed by atoms with Gasteiger partial charge in [-0.3, -0.25) is 4.79 Å². The maximum absolute atomic E-state index is 13.5. The van der Waals surface area contributed by atoms with Crippen LogP contribution in [0.1, 0.15) is 43.4 Å². The summed E-state index contributed by atoms with van der Waals surface area (Å²) in [7, 11) is 0. The lowest BCUT2D eigenvalue weighted by molar-refractivity contribution is -0.131. The Morgan fingerprint density at radius 3 is 3.00 bits per heavy atom. The topological polar surface area (TPSA) is 46.3 Å². The monoisotopic (exact) mass is 340 g/mol. The predicted octanol–water partition coefficient (Wildman–Crippen LogP) is 4.26. The highest BCUT2D eigenvalue weighted by Gasteiger charge is 2.28. The highest BCUT2D eigenvalue weighted by molar-refractivity contribution is 5.79. The van der Waals surface area contributed by atoms with Gasteiger partial charge in [-0.25, -0.2) is 4.39 Å². The minimum absolute atomic E-state index is 0.158. The molecule has 1 aromatic carbocycles. The van der Waals surface area contributed by atoms with Gasteiger partial charge < -0.3 is 9.42 Å². The SMILES string of the molecule is O=C(CC1=CCCCC1)N1CCc2onc(-c3cccc(F)c3)c2C1. The third-order valence-corrected chi connectivity index (χ3v) is 5.04.